The average molecular weight is 822 g/mol. The molecule has 0 radical (unpaired) electrons. The van der Waals surface area contributed by atoms with Crippen molar-refractivity contribution in [2.75, 3.05) is 6.61 Å². The molecular weight excluding hydrogens is 719 g/mol. The molecule has 0 fully saturated rings. The number of aliphatic hydroxyl groups is 2. The van der Waals surface area contributed by atoms with Crippen LogP contribution in [0.3, 0.4) is 0 Å². The van der Waals surface area contributed by atoms with E-state index in [1.165, 1.54) is 205 Å². The lowest BCUT2D eigenvalue weighted by atomic mass is 10.0. The maximum Gasteiger partial charge on any atom is 0.306 e. The van der Waals surface area contributed by atoms with E-state index < -0.39 is 18.2 Å². The molecule has 0 saturated heterocycles. The van der Waals surface area contributed by atoms with E-state index in [9.17, 15) is 19.8 Å². The van der Waals surface area contributed by atoms with Crippen LogP contribution in [0.2, 0.25) is 0 Å². The third-order valence-corrected chi connectivity index (χ3v) is 12.4. The molecule has 0 spiro atoms. The van der Waals surface area contributed by atoms with Crippen LogP contribution in [0.4, 0.5) is 0 Å². The Morgan fingerprint density at radius 2 is 0.724 bits per heavy atom. The summed E-state index contributed by atoms with van der Waals surface area (Å²) in [7, 11) is 0. The summed E-state index contributed by atoms with van der Waals surface area (Å²) < 4.78 is 5.93. The maximum absolute atomic E-state index is 13.2. The van der Waals surface area contributed by atoms with E-state index in [0.717, 1.165) is 44.9 Å². The molecular formula is C52H103NO5. The highest BCUT2D eigenvalue weighted by molar-refractivity contribution is 5.77. The molecule has 3 unspecified atom stereocenters. The van der Waals surface area contributed by atoms with E-state index in [0.29, 0.717) is 19.3 Å². The van der Waals surface area contributed by atoms with Crippen molar-refractivity contribution < 1.29 is 24.5 Å². The van der Waals surface area contributed by atoms with E-state index in [4.69, 9.17) is 4.74 Å². The van der Waals surface area contributed by atoms with Gasteiger partial charge in [0.15, 0.2) is 0 Å². The first-order valence-electron chi connectivity index (χ1n) is 26.3. The van der Waals surface area contributed by atoms with E-state index in [-0.39, 0.29) is 24.9 Å². The molecule has 58 heavy (non-hydrogen) atoms. The van der Waals surface area contributed by atoms with Crippen molar-refractivity contribution in [3.05, 3.63) is 0 Å². The molecule has 1 amide bonds. The van der Waals surface area contributed by atoms with Crippen LogP contribution in [-0.4, -0.2) is 46.9 Å². The number of nitrogens with one attached hydrogen (secondary N) is 1. The van der Waals surface area contributed by atoms with Crippen molar-refractivity contribution in [1.29, 1.82) is 0 Å². The summed E-state index contributed by atoms with van der Waals surface area (Å²) in [6.07, 6.45) is 50.2. The summed E-state index contributed by atoms with van der Waals surface area (Å²) in [6.45, 7) is 6.51. The molecule has 0 aliphatic carbocycles. The molecule has 0 rings (SSSR count). The Bertz CT molecular complexity index is 837. The lowest BCUT2D eigenvalue weighted by molar-refractivity contribution is -0.151. The van der Waals surface area contributed by atoms with Crippen molar-refractivity contribution >= 4 is 11.9 Å². The molecule has 6 heteroatoms. The van der Waals surface area contributed by atoms with Gasteiger partial charge in [-0.05, 0) is 25.7 Å². The van der Waals surface area contributed by atoms with Gasteiger partial charge in [-0.25, -0.2) is 0 Å². The van der Waals surface area contributed by atoms with Gasteiger partial charge in [-0.15, -0.1) is 0 Å². The number of aliphatic hydroxyl groups excluding tert-OH is 2. The Morgan fingerprint density at radius 3 is 1.05 bits per heavy atom. The highest BCUT2D eigenvalue weighted by Crippen LogP contribution is 2.19. The highest BCUT2D eigenvalue weighted by atomic mass is 16.5. The quantitative estimate of drug-likeness (QED) is 0.0420. The number of hydrogen-bond acceptors (Lipinski definition) is 5. The number of esters is 1. The largest absolute Gasteiger partial charge is 0.462 e. The number of rotatable bonds is 48. The van der Waals surface area contributed by atoms with E-state index in [2.05, 4.69) is 26.1 Å². The fraction of sp³-hybridized carbons (Fsp3) is 0.962. The van der Waals surface area contributed by atoms with Gasteiger partial charge < -0.3 is 20.3 Å². The van der Waals surface area contributed by atoms with Crippen molar-refractivity contribution in [2.24, 2.45) is 0 Å². The minimum atomic E-state index is -0.779. The molecule has 0 aliphatic heterocycles. The summed E-state index contributed by atoms with van der Waals surface area (Å²) in [6, 6.07) is -0.692. The minimum absolute atomic E-state index is 0.0876. The zero-order valence-electron chi connectivity index (χ0n) is 39.5. The lowest BCUT2D eigenvalue weighted by Gasteiger charge is -2.24. The summed E-state index contributed by atoms with van der Waals surface area (Å²) in [4.78, 5) is 26.1. The van der Waals surface area contributed by atoms with Crippen LogP contribution in [0.25, 0.3) is 0 Å². The highest BCUT2D eigenvalue weighted by Gasteiger charge is 2.24. The normalized spacial score (nSPS) is 13.1. The lowest BCUT2D eigenvalue weighted by Crippen LogP contribution is -2.46. The summed E-state index contributed by atoms with van der Waals surface area (Å²) >= 11 is 0. The van der Waals surface area contributed by atoms with Crippen molar-refractivity contribution in [2.45, 2.75) is 315 Å². The zero-order valence-corrected chi connectivity index (χ0v) is 39.5. The number of hydrogen-bond donors (Lipinski definition) is 3. The first kappa shape index (κ1) is 56.9. The fourth-order valence-corrected chi connectivity index (χ4v) is 8.43. The van der Waals surface area contributed by atoms with E-state index in [1.54, 1.807) is 0 Å². The number of ether oxygens (including phenoxy) is 1. The van der Waals surface area contributed by atoms with Crippen LogP contribution >= 0.6 is 0 Å². The molecule has 0 aromatic carbocycles. The van der Waals surface area contributed by atoms with Crippen LogP contribution in [0.5, 0.6) is 0 Å². The van der Waals surface area contributed by atoms with Gasteiger partial charge in [0.25, 0.3) is 0 Å². The standard InChI is InChI=1S/C52H103NO5/c1-4-7-10-13-16-19-22-24-25-26-27-30-32-35-38-41-44-50(55)49(47-54)53-51(56)46-48(43-40-37-34-31-29-23-20-17-14-11-8-5-2)58-52(57)45-42-39-36-33-28-21-18-15-12-9-6-3/h48-50,54-55H,4-47H2,1-3H3,(H,53,56). The third-order valence-electron chi connectivity index (χ3n) is 12.4. The van der Waals surface area contributed by atoms with Crippen LogP contribution in [0.15, 0.2) is 0 Å². The first-order valence-corrected chi connectivity index (χ1v) is 26.3. The summed E-state index contributed by atoms with van der Waals surface area (Å²) in [5.74, 6) is -0.452. The van der Waals surface area contributed by atoms with E-state index >= 15 is 0 Å². The van der Waals surface area contributed by atoms with Crippen LogP contribution < -0.4 is 5.32 Å². The average Bonchev–Trinajstić information content (AvgIpc) is 3.22. The predicted octanol–water partition coefficient (Wildman–Crippen LogP) is 15.6. The Labute approximate surface area is 362 Å². The SMILES string of the molecule is CCCCCCCCCCCCCCCCCCC(O)C(CO)NC(=O)CC(CCCCCCCCCCCCCC)OC(=O)CCCCCCCCCCCCC. The molecule has 0 bridgehead atoms. The van der Waals surface area contributed by atoms with Gasteiger partial charge in [-0.1, -0.05) is 258 Å². The molecule has 346 valence electrons. The molecule has 0 aromatic heterocycles. The van der Waals surface area contributed by atoms with Crippen LogP contribution in [0, 0.1) is 0 Å². The third kappa shape index (κ3) is 41.6. The monoisotopic (exact) mass is 822 g/mol. The smallest absolute Gasteiger partial charge is 0.306 e. The van der Waals surface area contributed by atoms with Crippen molar-refractivity contribution in [1.82, 2.24) is 5.32 Å². The van der Waals surface area contributed by atoms with Gasteiger partial charge in [0.2, 0.25) is 5.91 Å². The Morgan fingerprint density at radius 1 is 0.431 bits per heavy atom. The number of carbonyl (C=O) groups excluding carboxylic acids is 2. The molecule has 6 nitrogen and oxygen atoms in total. The number of carbonyl (C=O) groups is 2. The van der Waals surface area contributed by atoms with Gasteiger partial charge in [-0.3, -0.25) is 9.59 Å². The summed E-state index contributed by atoms with van der Waals surface area (Å²) in [5.41, 5.74) is 0. The van der Waals surface area contributed by atoms with Gasteiger partial charge in [0.05, 0.1) is 25.2 Å². The maximum atomic E-state index is 13.2. The molecule has 3 N–H and O–H groups in total. The number of amides is 1. The second kappa shape index (κ2) is 46.9. The van der Waals surface area contributed by atoms with Gasteiger partial charge in [0.1, 0.15) is 6.10 Å². The number of unbranched alkanes of at least 4 members (excludes halogenated alkanes) is 36. The molecule has 0 aliphatic rings. The summed E-state index contributed by atoms with van der Waals surface area (Å²) in [5, 5.41) is 23.8. The second-order valence-corrected chi connectivity index (χ2v) is 18.3. The molecule has 0 aromatic rings. The van der Waals surface area contributed by atoms with Crippen LogP contribution in [0.1, 0.15) is 297 Å². The molecule has 3 atom stereocenters. The van der Waals surface area contributed by atoms with Crippen molar-refractivity contribution in [3.8, 4) is 0 Å². The van der Waals surface area contributed by atoms with Gasteiger partial charge in [0, 0.05) is 6.42 Å². The minimum Gasteiger partial charge on any atom is -0.462 e. The topological polar surface area (TPSA) is 95.9 Å². The van der Waals surface area contributed by atoms with E-state index in [1.807, 2.05) is 0 Å². The molecule has 0 heterocycles. The second-order valence-electron chi connectivity index (χ2n) is 18.3. The van der Waals surface area contributed by atoms with Crippen molar-refractivity contribution in [3.63, 3.8) is 0 Å². The zero-order chi connectivity index (χ0) is 42.4. The molecule has 0 saturated carbocycles. The predicted molar refractivity (Wildman–Crippen MR) is 250 cm³/mol. The van der Waals surface area contributed by atoms with Crippen LogP contribution in [-0.2, 0) is 14.3 Å². The fourth-order valence-electron chi connectivity index (χ4n) is 8.43. The van der Waals surface area contributed by atoms with Gasteiger partial charge in [-0.2, -0.15) is 0 Å². The van der Waals surface area contributed by atoms with Gasteiger partial charge >= 0.3 is 5.97 Å². The first-order chi connectivity index (χ1) is 28.5. The Hall–Kier alpha value is -1.14. The Balaban J connectivity index is 4.45. The Kier molecular flexibility index (Phi) is 46.0.